The molecule has 2 unspecified atom stereocenters. The van der Waals surface area contributed by atoms with Crippen molar-refractivity contribution < 1.29 is 4.74 Å². The van der Waals surface area contributed by atoms with Crippen LogP contribution in [0.1, 0.15) is 12.0 Å². The maximum atomic E-state index is 5.66. The lowest BCUT2D eigenvalue weighted by Crippen LogP contribution is -2.58. The summed E-state index contributed by atoms with van der Waals surface area (Å²) < 4.78 is 5.66. The van der Waals surface area contributed by atoms with Gasteiger partial charge in [-0.2, -0.15) is 0 Å². The molecule has 0 saturated carbocycles. The van der Waals surface area contributed by atoms with Gasteiger partial charge in [-0.1, -0.05) is 29.9 Å². The Bertz CT molecular complexity index is 401. The van der Waals surface area contributed by atoms with E-state index in [1.54, 1.807) is 0 Å². The van der Waals surface area contributed by atoms with Gasteiger partial charge in [-0.15, -0.1) is 0 Å². The molecule has 1 aromatic rings. The molecular formula is C12H13NOS. The Morgan fingerprint density at radius 2 is 2.07 bits per heavy atom. The lowest BCUT2D eigenvalue weighted by Gasteiger charge is -2.45. The van der Waals surface area contributed by atoms with Gasteiger partial charge < -0.3 is 9.64 Å². The molecule has 0 spiro atoms. The Balaban J connectivity index is 1.89. The first kappa shape index (κ1) is 9.31. The van der Waals surface area contributed by atoms with Crippen LogP contribution < -0.4 is 4.90 Å². The second kappa shape index (κ2) is 3.29. The maximum absolute atomic E-state index is 5.66. The molecule has 2 aliphatic heterocycles. The molecule has 2 aliphatic rings. The van der Waals surface area contributed by atoms with Crippen LogP contribution in [-0.4, -0.2) is 17.8 Å². The first-order valence-corrected chi connectivity index (χ1v) is 5.69. The molecule has 2 saturated heterocycles. The predicted molar refractivity (Wildman–Crippen MR) is 64.1 cm³/mol. The Hall–Kier alpha value is -0.930. The van der Waals surface area contributed by atoms with Crippen molar-refractivity contribution in [2.24, 2.45) is 5.92 Å². The van der Waals surface area contributed by atoms with Gasteiger partial charge in [0.25, 0.3) is 0 Å². The summed E-state index contributed by atoms with van der Waals surface area (Å²) in [5.41, 5.74) is 2.43. The largest absolute Gasteiger partial charge is 0.357 e. The van der Waals surface area contributed by atoms with E-state index in [0.717, 1.165) is 23.7 Å². The average Bonchev–Trinajstić information content (AvgIpc) is 2.65. The summed E-state index contributed by atoms with van der Waals surface area (Å²) in [5.74, 6) is 0.487. The third-order valence-corrected chi connectivity index (χ3v) is 3.68. The van der Waals surface area contributed by atoms with Crippen molar-refractivity contribution in [1.29, 1.82) is 0 Å². The molecule has 0 amide bonds. The van der Waals surface area contributed by atoms with E-state index in [2.05, 4.69) is 36.1 Å². The zero-order valence-electron chi connectivity index (χ0n) is 8.64. The summed E-state index contributed by atoms with van der Waals surface area (Å²) in [6.07, 6.45) is 1.30. The second-order valence-electron chi connectivity index (χ2n) is 4.20. The van der Waals surface area contributed by atoms with Crippen LogP contribution >= 0.6 is 12.2 Å². The fraction of sp³-hybridized carbons (Fsp3) is 0.417. The Morgan fingerprint density at radius 1 is 1.33 bits per heavy atom. The molecule has 1 aromatic carbocycles. The van der Waals surface area contributed by atoms with Gasteiger partial charge in [0.2, 0.25) is 0 Å². The molecule has 2 heterocycles. The number of aryl methyl sites for hydroxylation is 1. The van der Waals surface area contributed by atoms with Crippen LogP contribution in [0.4, 0.5) is 5.69 Å². The summed E-state index contributed by atoms with van der Waals surface area (Å²) in [4.78, 5) is 3.17. The van der Waals surface area contributed by atoms with Crippen molar-refractivity contribution >= 4 is 22.9 Å². The van der Waals surface area contributed by atoms with Gasteiger partial charge in [0.05, 0.1) is 17.5 Å². The highest BCUT2D eigenvalue weighted by molar-refractivity contribution is 7.80. The highest BCUT2D eigenvalue weighted by Crippen LogP contribution is 2.40. The predicted octanol–water partition coefficient (Wildman–Crippen LogP) is 2.51. The first-order chi connectivity index (χ1) is 7.27. The van der Waals surface area contributed by atoms with Gasteiger partial charge in [0, 0.05) is 5.69 Å². The van der Waals surface area contributed by atoms with Crippen LogP contribution in [0.5, 0.6) is 0 Å². The lowest BCUT2D eigenvalue weighted by molar-refractivity contribution is 0.0932. The minimum atomic E-state index is 0.209. The average molecular weight is 219 g/mol. The van der Waals surface area contributed by atoms with Crippen LogP contribution in [0.2, 0.25) is 0 Å². The van der Waals surface area contributed by atoms with Crippen LogP contribution in [0.3, 0.4) is 0 Å². The van der Waals surface area contributed by atoms with Crippen LogP contribution in [0.25, 0.3) is 0 Å². The molecule has 0 N–H and O–H groups in total. The number of benzene rings is 1. The third kappa shape index (κ3) is 1.30. The number of hydrogen-bond acceptors (Lipinski definition) is 2. The van der Waals surface area contributed by atoms with Crippen molar-refractivity contribution in [2.45, 2.75) is 19.6 Å². The molecule has 3 rings (SSSR count). The van der Waals surface area contributed by atoms with Crippen LogP contribution in [-0.2, 0) is 4.74 Å². The molecule has 2 fully saturated rings. The van der Waals surface area contributed by atoms with E-state index in [1.165, 1.54) is 5.56 Å². The smallest absolute Gasteiger partial charge is 0.144 e. The molecule has 15 heavy (non-hydrogen) atoms. The van der Waals surface area contributed by atoms with Gasteiger partial charge in [-0.3, -0.25) is 0 Å². The second-order valence-corrected chi connectivity index (χ2v) is 4.62. The lowest BCUT2D eigenvalue weighted by atomic mass is 9.95. The van der Waals surface area contributed by atoms with E-state index in [-0.39, 0.29) is 6.23 Å². The van der Waals surface area contributed by atoms with Crippen molar-refractivity contribution in [2.75, 3.05) is 11.5 Å². The molecular weight excluding hydrogens is 206 g/mol. The molecule has 3 heteroatoms. The number of fused-ring (bicyclic) bond motifs is 1. The van der Waals surface area contributed by atoms with Gasteiger partial charge >= 0.3 is 0 Å². The van der Waals surface area contributed by atoms with Gasteiger partial charge in [-0.05, 0) is 25.5 Å². The van der Waals surface area contributed by atoms with E-state index < -0.39 is 0 Å². The highest BCUT2D eigenvalue weighted by Gasteiger charge is 2.48. The summed E-state index contributed by atoms with van der Waals surface area (Å²) in [7, 11) is 0. The normalized spacial score (nSPS) is 28.9. The molecule has 0 radical (unpaired) electrons. The molecule has 78 valence electrons. The topological polar surface area (TPSA) is 12.5 Å². The monoisotopic (exact) mass is 219 g/mol. The Morgan fingerprint density at radius 3 is 2.80 bits per heavy atom. The van der Waals surface area contributed by atoms with Crippen molar-refractivity contribution in [3.63, 3.8) is 0 Å². The number of anilines is 1. The molecule has 0 aliphatic carbocycles. The maximum Gasteiger partial charge on any atom is 0.144 e. The minimum absolute atomic E-state index is 0.209. The van der Waals surface area contributed by atoms with Crippen molar-refractivity contribution in [3.8, 4) is 0 Å². The standard InChI is InChI=1S/C12H13NOS/c1-8-2-4-9(5-3-8)13-11-10(12(13)15)6-7-14-11/h2-5,10-11H,6-7H2,1H3. The number of rotatable bonds is 1. The summed E-state index contributed by atoms with van der Waals surface area (Å²) in [6, 6.07) is 8.44. The first-order valence-electron chi connectivity index (χ1n) is 5.29. The number of nitrogens with zero attached hydrogens (tertiary/aromatic N) is 1. The zero-order valence-corrected chi connectivity index (χ0v) is 9.46. The molecule has 0 bridgehead atoms. The van der Waals surface area contributed by atoms with Gasteiger partial charge in [-0.25, -0.2) is 0 Å². The van der Waals surface area contributed by atoms with E-state index in [9.17, 15) is 0 Å². The van der Waals surface area contributed by atoms with E-state index in [0.29, 0.717) is 5.92 Å². The number of hydrogen-bond donors (Lipinski definition) is 0. The summed E-state index contributed by atoms with van der Waals surface area (Å²) in [6.45, 7) is 2.94. The van der Waals surface area contributed by atoms with E-state index >= 15 is 0 Å². The molecule has 2 nitrogen and oxygen atoms in total. The fourth-order valence-electron chi connectivity index (χ4n) is 2.28. The third-order valence-electron chi connectivity index (χ3n) is 3.18. The molecule has 2 atom stereocenters. The van der Waals surface area contributed by atoms with Crippen LogP contribution in [0, 0.1) is 12.8 Å². The zero-order chi connectivity index (χ0) is 10.4. The Labute approximate surface area is 94.8 Å². The quantitative estimate of drug-likeness (QED) is 0.673. The van der Waals surface area contributed by atoms with Gasteiger partial charge in [0.1, 0.15) is 6.23 Å². The summed E-state index contributed by atoms with van der Waals surface area (Å²) >= 11 is 5.40. The van der Waals surface area contributed by atoms with Crippen molar-refractivity contribution in [3.05, 3.63) is 29.8 Å². The highest BCUT2D eigenvalue weighted by atomic mass is 32.1. The SMILES string of the molecule is Cc1ccc(N2C(=S)C3CCOC32)cc1. The summed E-state index contributed by atoms with van der Waals surface area (Å²) in [5, 5.41) is 0. The molecule has 0 aromatic heterocycles. The van der Waals surface area contributed by atoms with Crippen LogP contribution in [0.15, 0.2) is 24.3 Å². The van der Waals surface area contributed by atoms with Gasteiger partial charge in [0.15, 0.2) is 0 Å². The number of ether oxygens (including phenoxy) is 1. The van der Waals surface area contributed by atoms with Crippen molar-refractivity contribution in [1.82, 2.24) is 0 Å². The fourth-order valence-corrected chi connectivity index (χ4v) is 2.72. The van der Waals surface area contributed by atoms with E-state index in [4.69, 9.17) is 17.0 Å². The van der Waals surface area contributed by atoms with E-state index in [1.807, 2.05) is 0 Å². The minimum Gasteiger partial charge on any atom is -0.357 e. The Kier molecular flexibility index (Phi) is 2.04. The number of thiocarbonyl (C=S) groups is 1.